The number of likely N-dealkylation sites (N-methyl/N-ethyl adjacent to an activating group) is 1. The van der Waals surface area contributed by atoms with Gasteiger partial charge in [-0.1, -0.05) is 38.0 Å². The lowest BCUT2D eigenvalue weighted by Crippen LogP contribution is -2.27. The van der Waals surface area contributed by atoms with Gasteiger partial charge in [0.05, 0.1) is 6.67 Å². The van der Waals surface area contributed by atoms with Crippen LogP contribution in [0.5, 0.6) is 0 Å². The first-order chi connectivity index (χ1) is 19.8. The molecular weight excluding hydrogens is 516 g/mol. The van der Waals surface area contributed by atoms with Crippen LogP contribution in [0.4, 0.5) is 20.2 Å². The van der Waals surface area contributed by atoms with Gasteiger partial charge in [-0.25, -0.2) is 8.78 Å². The minimum Gasteiger partial charge on any atom is -0.382 e. The van der Waals surface area contributed by atoms with Crippen molar-refractivity contribution in [2.24, 2.45) is 4.99 Å². The Bertz CT molecular complexity index is 1410. The van der Waals surface area contributed by atoms with Crippen LogP contribution < -0.4 is 15.5 Å². The minimum atomic E-state index is -0.568. The maximum atomic E-state index is 13.8. The SMILES string of the molecule is C=C(N/C(=N/C)c1cc(Cc2cc(F)cc(F)c2)ccc1C)c1ccc(N2CCN(C)C2)cc1NC1CCCCC1. The van der Waals surface area contributed by atoms with Gasteiger partial charge in [-0.3, -0.25) is 9.89 Å². The van der Waals surface area contributed by atoms with E-state index in [1.165, 1.54) is 49.9 Å². The van der Waals surface area contributed by atoms with Gasteiger partial charge in [0.15, 0.2) is 0 Å². The molecule has 3 aromatic carbocycles. The molecule has 1 saturated carbocycles. The molecule has 7 heteroatoms. The zero-order chi connectivity index (χ0) is 28.9. The second-order valence-electron chi connectivity index (χ2n) is 11.5. The van der Waals surface area contributed by atoms with Gasteiger partial charge in [0, 0.05) is 60.4 Å². The molecule has 1 heterocycles. The number of halogens is 2. The predicted molar refractivity (Wildman–Crippen MR) is 167 cm³/mol. The van der Waals surface area contributed by atoms with Crippen LogP contribution in [0.15, 0.2) is 66.2 Å². The van der Waals surface area contributed by atoms with Crippen molar-refractivity contribution in [2.45, 2.75) is 51.5 Å². The standard InChI is InChI=1S/C34H41F2N5/c1-23-10-11-25(16-26-17-27(35)20-28(36)18-26)19-32(23)34(37-3)38-24(2)31-13-12-30(41-15-14-40(4)22-41)21-33(31)39-29-8-6-5-7-9-29/h10-13,17-21,29,39H,2,5-9,14-16,22H2,1,3-4H3,(H,37,38). The van der Waals surface area contributed by atoms with Gasteiger partial charge in [0.1, 0.15) is 17.5 Å². The highest BCUT2D eigenvalue weighted by atomic mass is 19.1. The molecule has 1 aliphatic heterocycles. The molecule has 0 unspecified atom stereocenters. The summed E-state index contributed by atoms with van der Waals surface area (Å²) >= 11 is 0. The first-order valence-electron chi connectivity index (χ1n) is 14.6. The highest BCUT2D eigenvalue weighted by molar-refractivity contribution is 6.05. The zero-order valence-electron chi connectivity index (χ0n) is 24.4. The van der Waals surface area contributed by atoms with Crippen molar-refractivity contribution in [2.75, 3.05) is 44.1 Å². The topological polar surface area (TPSA) is 42.9 Å². The van der Waals surface area contributed by atoms with Crippen molar-refractivity contribution >= 4 is 22.9 Å². The zero-order valence-corrected chi connectivity index (χ0v) is 24.4. The monoisotopic (exact) mass is 557 g/mol. The van der Waals surface area contributed by atoms with Crippen LogP contribution >= 0.6 is 0 Å². The Morgan fingerprint density at radius 2 is 1.68 bits per heavy atom. The van der Waals surface area contributed by atoms with E-state index in [4.69, 9.17) is 0 Å². The van der Waals surface area contributed by atoms with Gasteiger partial charge in [0.25, 0.3) is 0 Å². The quantitative estimate of drug-likeness (QED) is 0.232. The molecule has 1 aliphatic carbocycles. The Kier molecular flexibility index (Phi) is 9.03. The van der Waals surface area contributed by atoms with E-state index in [1.54, 1.807) is 7.05 Å². The summed E-state index contributed by atoms with van der Waals surface area (Å²) in [5.41, 5.74) is 7.62. The van der Waals surface area contributed by atoms with E-state index in [-0.39, 0.29) is 0 Å². The fraction of sp³-hybridized carbons (Fsp3) is 0.382. The summed E-state index contributed by atoms with van der Waals surface area (Å²) in [6, 6.07) is 16.8. The van der Waals surface area contributed by atoms with Gasteiger partial charge < -0.3 is 15.5 Å². The van der Waals surface area contributed by atoms with Gasteiger partial charge in [0.2, 0.25) is 0 Å². The van der Waals surface area contributed by atoms with E-state index < -0.39 is 11.6 Å². The van der Waals surface area contributed by atoms with E-state index in [0.717, 1.165) is 59.5 Å². The van der Waals surface area contributed by atoms with Crippen molar-refractivity contribution in [1.29, 1.82) is 0 Å². The second kappa shape index (κ2) is 12.9. The summed E-state index contributed by atoms with van der Waals surface area (Å²) in [5, 5.41) is 7.35. The Hall–Kier alpha value is -3.71. The number of hydrogen-bond donors (Lipinski definition) is 2. The maximum absolute atomic E-state index is 13.8. The summed E-state index contributed by atoms with van der Waals surface area (Å²) in [6.45, 7) is 9.47. The number of amidine groups is 1. The molecule has 0 amide bonds. The first kappa shape index (κ1) is 28.8. The van der Waals surface area contributed by atoms with Crippen LogP contribution in [0.25, 0.3) is 5.70 Å². The van der Waals surface area contributed by atoms with E-state index in [1.807, 2.05) is 25.1 Å². The fourth-order valence-corrected chi connectivity index (χ4v) is 5.95. The molecule has 216 valence electrons. The number of aryl methyl sites for hydroxylation is 1. The summed E-state index contributed by atoms with van der Waals surface area (Å²) in [7, 11) is 3.91. The smallest absolute Gasteiger partial charge is 0.132 e. The van der Waals surface area contributed by atoms with Crippen LogP contribution in [-0.4, -0.2) is 50.6 Å². The highest BCUT2D eigenvalue weighted by Gasteiger charge is 2.21. The summed E-state index contributed by atoms with van der Waals surface area (Å²) in [4.78, 5) is 9.32. The van der Waals surface area contributed by atoms with E-state index in [2.05, 4.69) is 57.3 Å². The maximum Gasteiger partial charge on any atom is 0.132 e. The van der Waals surface area contributed by atoms with Gasteiger partial charge >= 0.3 is 0 Å². The van der Waals surface area contributed by atoms with E-state index in [0.29, 0.717) is 23.9 Å². The number of anilines is 2. The van der Waals surface area contributed by atoms with Crippen molar-refractivity contribution < 1.29 is 8.78 Å². The Balaban J connectivity index is 1.39. The lowest BCUT2D eigenvalue weighted by molar-refractivity contribution is 0.421. The lowest BCUT2D eigenvalue weighted by Gasteiger charge is -2.27. The molecule has 41 heavy (non-hydrogen) atoms. The fourth-order valence-electron chi connectivity index (χ4n) is 5.95. The van der Waals surface area contributed by atoms with Crippen LogP contribution in [0, 0.1) is 18.6 Å². The van der Waals surface area contributed by atoms with Crippen LogP contribution in [0.1, 0.15) is 59.9 Å². The van der Waals surface area contributed by atoms with Crippen LogP contribution in [-0.2, 0) is 6.42 Å². The lowest BCUT2D eigenvalue weighted by atomic mass is 9.94. The molecule has 2 N–H and O–H groups in total. The Labute approximate surface area is 243 Å². The third-order valence-corrected chi connectivity index (χ3v) is 8.20. The van der Waals surface area contributed by atoms with Crippen molar-refractivity contribution in [3.63, 3.8) is 0 Å². The molecule has 1 saturated heterocycles. The Morgan fingerprint density at radius 3 is 2.37 bits per heavy atom. The molecule has 3 aromatic rings. The number of nitrogens with zero attached hydrogens (tertiary/aromatic N) is 3. The van der Waals surface area contributed by atoms with Crippen molar-refractivity contribution in [3.8, 4) is 0 Å². The molecule has 0 bridgehead atoms. The number of aliphatic imine (C=N–C) groups is 1. The second-order valence-corrected chi connectivity index (χ2v) is 11.5. The van der Waals surface area contributed by atoms with E-state index >= 15 is 0 Å². The van der Waals surface area contributed by atoms with E-state index in [9.17, 15) is 8.78 Å². The molecule has 5 nitrogen and oxygen atoms in total. The number of rotatable bonds is 8. The molecule has 2 fully saturated rings. The van der Waals surface area contributed by atoms with Crippen molar-refractivity contribution in [3.05, 3.63) is 101 Å². The molecule has 2 aliphatic rings. The Morgan fingerprint density at radius 1 is 0.927 bits per heavy atom. The minimum absolute atomic E-state index is 0.419. The van der Waals surface area contributed by atoms with Crippen LogP contribution in [0.3, 0.4) is 0 Å². The molecule has 0 spiro atoms. The summed E-state index contributed by atoms with van der Waals surface area (Å²) in [6.07, 6.45) is 6.60. The average molecular weight is 558 g/mol. The largest absolute Gasteiger partial charge is 0.382 e. The van der Waals surface area contributed by atoms with Crippen molar-refractivity contribution in [1.82, 2.24) is 10.2 Å². The number of nitrogens with one attached hydrogen (secondary N) is 2. The third kappa shape index (κ3) is 7.14. The normalized spacial score (nSPS) is 16.7. The molecule has 5 rings (SSSR count). The molecule has 0 radical (unpaired) electrons. The first-order valence-corrected chi connectivity index (χ1v) is 14.6. The molecule has 0 atom stereocenters. The summed E-state index contributed by atoms with van der Waals surface area (Å²) < 4.78 is 27.6. The third-order valence-electron chi connectivity index (χ3n) is 8.20. The number of hydrogen-bond acceptors (Lipinski definition) is 4. The highest BCUT2D eigenvalue weighted by Crippen LogP contribution is 2.32. The van der Waals surface area contributed by atoms with Gasteiger partial charge in [-0.2, -0.15) is 0 Å². The average Bonchev–Trinajstić information content (AvgIpc) is 3.39. The number of benzene rings is 3. The molecule has 0 aromatic heterocycles. The molecular formula is C34H41F2N5. The predicted octanol–water partition coefficient (Wildman–Crippen LogP) is 6.95. The van der Waals surface area contributed by atoms with Crippen LogP contribution in [0.2, 0.25) is 0 Å². The van der Waals surface area contributed by atoms with Gasteiger partial charge in [-0.15, -0.1) is 0 Å². The van der Waals surface area contributed by atoms with Gasteiger partial charge in [-0.05, 0) is 86.3 Å². The summed E-state index contributed by atoms with van der Waals surface area (Å²) in [5.74, 6) is -0.434.